The number of carbonyl (C=O) groups excluding carboxylic acids is 1. The summed E-state index contributed by atoms with van der Waals surface area (Å²) < 4.78 is 7.39. The van der Waals surface area contributed by atoms with Crippen molar-refractivity contribution in [2.75, 3.05) is 31.6 Å². The Labute approximate surface area is 172 Å². The molecule has 0 N–H and O–H groups in total. The lowest BCUT2D eigenvalue weighted by molar-refractivity contribution is 0.0593. The standard InChI is InChI=1S/C22H31N5O2/c1-29-20-9-14-25(15-10-20)21-7-6-18(17-23-21)22(28)27-13-3-2-5-19(27)8-16-26-12-4-11-24-26/h4,6-7,11-12,17,19-20H,2-3,5,8-10,13-16H2,1H3/t19-/m0/s1. The number of carbonyl (C=O) groups is 1. The first-order chi connectivity index (χ1) is 14.2. The number of methoxy groups -OCH3 is 1. The van der Waals surface area contributed by atoms with E-state index in [2.05, 4.69) is 15.0 Å². The van der Waals surface area contributed by atoms with E-state index in [0.717, 1.165) is 64.1 Å². The number of aryl methyl sites for hydroxylation is 1. The van der Waals surface area contributed by atoms with Crippen molar-refractivity contribution in [1.82, 2.24) is 19.7 Å². The third kappa shape index (κ3) is 4.78. The maximum atomic E-state index is 13.2. The molecule has 29 heavy (non-hydrogen) atoms. The van der Waals surface area contributed by atoms with Crippen molar-refractivity contribution >= 4 is 11.7 Å². The molecule has 0 aromatic carbocycles. The number of nitrogens with zero attached hydrogens (tertiary/aromatic N) is 5. The van der Waals surface area contributed by atoms with Gasteiger partial charge in [-0.25, -0.2) is 4.98 Å². The summed E-state index contributed by atoms with van der Waals surface area (Å²) in [6.45, 7) is 3.56. The number of ether oxygens (including phenoxy) is 1. The average molecular weight is 398 g/mol. The van der Waals surface area contributed by atoms with Crippen LogP contribution < -0.4 is 4.90 Å². The minimum Gasteiger partial charge on any atom is -0.381 e. The number of piperidine rings is 2. The van der Waals surface area contributed by atoms with Crippen LogP contribution in [0, 0.1) is 0 Å². The summed E-state index contributed by atoms with van der Waals surface area (Å²) in [6, 6.07) is 6.14. The highest BCUT2D eigenvalue weighted by atomic mass is 16.5. The fraction of sp³-hybridized carbons (Fsp3) is 0.591. The Balaban J connectivity index is 1.38. The third-order valence-electron chi connectivity index (χ3n) is 6.23. The molecule has 156 valence electrons. The summed E-state index contributed by atoms with van der Waals surface area (Å²) in [4.78, 5) is 22.1. The molecule has 1 atom stereocenters. The van der Waals surface area contributed by atoms with Gasteiger partial charge in [-0.3, -0.25) is 9.48 Å². The number of likely N-dealkylation sites (tertiary alicyclic amines) is 1. The second kappa shape index (κ2) is 9.39. The van der Waals surface area contributed by atoms with E-state index >= 15 is 0 Å². The van der Waals surface area contributed by atoms with Gasteiger partial charge in [0.2, 0.25) is 0 Å². The predicted octanol–water partition coefficient (Wildman–Crippen LogP) is 2.98. The zero-order chi connectivity index (χ0) is 20.1. The normalized spacial score (nSPS) is 20.8. The molecule has 0 saturated carbocycles. The largest absolute Gasteiger partial charge is 0.381 e. The Morgan fingerprint density at radius 2 is 2.03 bits per heavy atom. The molecule has 0 aliphatic carbocycles. The molecule has 2 aromatic rings. The van der Waals surface area contributed by atoms with Gasteiger partial charge in [-0.1, -0.05) is 0 Å². The molecule has 2 aliphatic rings. The molecule has 7 nitrogen and oxygen atoms in total. The lowest BCUT2D eigenvalue weighted by Gasteiger charge is -2.36. The van der Waals surface area contributed by atoms with Crippen LogP contribution in [0.3, 0.4) is 0 Å². The maximum absolute atomic E-state index is 13.2. The Morgan fingerprint density at radius 3 is 2.72 bits per heavy atom. The molecule has 7 heteroatoms. The van der Waals surface area contributed by atoms with E-state index in [-0.39, 0.29) is 11.9 Å². The van der Waals surface area contributed by atoms with E-state index in [1.165, 1.54) is 6.42 Å². The Kier molecular flexibility index (Phi) is 6.44. The summed E-state index contributed by atoms with van der Waals surface area (Å²) >= 11 is 0. The molecule has 4 rings (SSSR count). The predicted molar refractivity (Wildman–Crippen MR) is 112 cm³/mol. The first kappa shape index (κ1) is 19.9. The van der Waals surface area contributed by atoms with Crippen LogP contribution in [0.25, 0.3) is 0 Å². The molecular weight excluding hydrogens is 366 g/mol. The van der Waals surface area contributed by atoms with Gasteiger partial charge in [0.25, 0.3) is 5.91 Å². The highest BCUT2D eigenvalue weighted by Gasteiger charge is 2.28. The minimum absolute atomic E-state index is 0.104. The van der Waals surface area contributed by atoms with Crippen LogP contribution in [0.5, 0.6) is 0 Å². The van der Waals surface area contributed by atoms with Gasteiger partial charge < -0.3 is 14.5 Å². The number of aromatic nitrogens is 3. The van der Waals surface area contributed by atoms with Gasteiger partial charge in [0.05, 0.1) is 11.7 Å². The van der Waals surface area contributed by atoms with Gasteiger partial charge in [-0.05, 0) is 56.7 Å². The van der Waals surface area contributed by atoms with E-state index in [4.69, 9.17) is 4.74 Å². The summed E-state index contributed by atoms with van der Waals surface area (Å²) in [6.07, 6.45) is 12.2. The topological polar surface area (TPSA) is 63.5 Å². The third-order valence-corrected chi connectivity index (χ3v) is 6.23. The van der Waals surface area contributed by atoms with Crippen molar-refractivity contribution in [2.24, 2.45) is 0 Å². The minimum atomic E-state index is 0.104. The van der Waals surface area contributed by atoms with Crippen LogP contribution in [0.1, 0.15) is 48.9 Å². The molecule has 2 fully saturated rings. The molecule has 1 amide bonds. The number of rotatable bonds is 6. The second-order valence-electron chi connectivity index (χ2n) is 8.03. The number of pyridine rings is 1. The van der Waals surface area contributed by atoms with Crippen LogP contribution in [0.2, 0.25) is 0 Å². The summed E-state index contributed by atoms with van der Waals surface area (Å²) in [5.41, 5.74) is 0.687. The number of hydrogen-bond acceptors (Lipinski definition) is 5. The van der Waals surface area contributed by atoms with Crippen LogP contribution in [0.15, 0.2) is 36.8 Å². The molecule has 0 spiro atoms. The van der Waals surface area contributed by atoms with Crippen molar-refractivity contribution in [1.29, 1.82) is 0 Å². The Morgan fingerprint density at radius 1 is 1.17 bits per heavy atom. The van der Waals surface area contributed by atoms with Gasteiger partial charge >= 0.3 is 0 Å². The molecule has 0 radical (unpaired) electrons. The molecule has 2 aromatic heterocycles. The summed E-state index contributed by atoms with van der Waals surface area (Å²) in [5.74, 6) is 1.05. The Hall–Kier alpha value is -2.41. The zero-order valence-corrected chi connectivity index (χ0v) is 17.2. The fourth-order valence-electron chi connectivity index (χ4n) is 4.47. The van der Waals surface area contributed by atoms with Crippen molar-refractivity contribution in [3.8, 4) is 0 Å². The monoisotopic (exact) mass is 397 g/mol. The van der Waals surface area contributed by atoms with E-state index in [9.17, 15) is 4.79 Å². The van der Waals surface area contributed by atoms with Crippen LogP contribution in [-0.4, -0.2) is 64.5 Å². The lowest BCUT2D eigenvalue weighted by Crippen LogP contribution is -2.44. The highest BCUT2D eigenvalue weighted by molar-refractivity contribution is 5.94. The van der Waals surface area contributed by atoms with Gasteiger partial charge in [-0.15, -0.1) is 0 Å². The van der Waals surface area contributed by atoms with Crippen LogP contribution in [-0.2, 0) is 11.3 Å². The molecule has 4 heterocycles. The van der Waals surface area contributed by atoms with E-state index in [1.807, 2.05) is 34.0 Å². The summed E-state index contributed by atoms with van der Waals surface area (Å²) in [5, 5.41) is 4.28. The van der Waals surface area contributed by atoms with Gasteiger partial charge in [0.1, 0.15) is 5.82 Å². The first-order valence-electron chi connectivity index (χ1n) is 10.8. The van der Waals surface area contributed by atoms with Gasteiger partial charge in [-0.2, -0.15) is 5.10 Å². The quantitative estimate of drug-likeness (QED) is 0.750. The fourth-order valence-corrected chi connectivity index (χ4v) is 4.47. The SMILES string of the molecule is COC1CCN(c2ccc(C(=O)N3CCCC[C@H]3CCn3cccn3)cn2)CC1. The van der Waals surface area contributed by atoms with E-state index in [1.54, 1.807) is 19.5 Å². The van der Waals surface area contributed by atoms with Crippen molar-refractivity contribution in [3.63, 3.8) is 0 Å². The van der Waals surface area contributed by atoms with Crippen LogP contribution in [0.4, 0.5) is 5.82 Å². The van der Waals surface area contributed by atoms with Crippen molar-refractivity contribution < 1.29 is 9.53 Å². The van der Waals surface area contributed by atoms with Crippen LogP contribution >= 0.6 is 0 Å². The number of hydrogen-bond donors (Lipinski definition) is 0. The first-order valence-corrected chi connectivity index (χ1v) is 10.8. The average Bonchev–Trinajstić information content (AvgIpc) is 3.31. The molecular formula is C22H31N5O2. The smallest absolute Gasteiger partial charge is 0.255 e. The van der Waals surface area contributed by atoms with E-state index in [0.29, 0.717) is 11.7 Å². The van der Waals surface area contributed by atoms with Gasteiger partial charge in [0.15, 0.2) is 0 Å². The second-order valence-corrected chi connectivity index (χ2v) is 8.03. The van der Waals surface area contributed by atoms with Crippen molar-refractivity contribution in [2.45, 2.75) is 57.2 Å². The highest BCUT2D eigenvalue weighted by Crippen LogP contribution is 2.24. The van der Waals surface area contributed by atoms with Gasteiger partial charge in [0, 0.05) is 57.9 Å². The number of anilines is 1. The lowest BCUT2D eigenvalue weighted by atomic mass is 9.98. The van der Waals surface area contributed by atoms with E-state index < -0.39 is 0 Å². The number of amides is 1. The maximum Gasteiger partial charge on any atom is 0.255 e. The molecule has 0 unspecified atom stereocenters. The molecule has 2 saturated heterocycles. The zero-order valence-electron chi connectivity index (χ0n) is 17.2. The van der Waals surface area contributed by atoms with Crippen molar-refractivity contribution in [3.05, 3.63) is 42.4 Å². The summed E-state index contributed by atoms with van der Waals surface area (Å²) in [7, 11) is 1.78. The molecule has 0 bridgehead atoms. The molecule has 2 aliphatic heterocycles. The Bertz CT molecular complexity index is 769.